The molecular formula is C32H41F3N4O3. The first-order chi connectivity index (χ1) is 20.3. The molecule has 2 aromatic carbocycles. The van der Waals surface area contributed by atoms with Gasteiger partial charge in [0.05, 0.1) is 0 Å². The summed E-state index contributed by atoms with van der Waals surface area (Å²) in [6, 6.07) is 9.41. The number of urea groups is 1. The quantitative estimate of drug-likeness (QED) is 0.380. The Balaban J connectivity index is 1.17. The summed E-state index contributed by atoms with van der Waals surface area (Å²) in [4.78, 5) is 29.4. The van der Waals surface area contributed by atoms with Crippen molar-refractivity contribution < 1.29 is 27.9 Å². The predicted octanol–water partition coefficient (Wildman–Crippen LogP) is 5.12. The highest BCUT2D eigenvalue weighted by Gasteiger charge is 2.43. The lowest BCUT2D eigenvalue weighted by atomic mass is 9.83. The molecule has 3 fully saturated rings. The molecule has 3 N–H and O–H groups in total. The zero-order valence-corrected chi connectivity index (χ0v) is 23.9. The average Bonchev–Trinajstić information content (AvgIpc) is 3.38. The van der Waals surface area contributed by atoms with Gasteiger partial charge in [0.25, 0.3) is 0 Å². The van der Waals surface area contributed by atoms with E-state index in [0.717, 1.165) is 82.3 Å². The summed E-state index contributed by atoms with van der Waals surface area (Å²) < 4.78 is 40.8. The molecule has 2 aromatic rings. The van der Waals surface area contributed by atoms with Crippen molar-refractivity contribution in [3.8, 4) is 0 Å². The van der Waals surface area contributed by atoms with Gasteiger partial charge in [0.15, 0.2) is 11.6 Å². The van der Waals surface area contributed by atoms with Gasteiger partial charge in [0.1, 0.15) is 11.9 Å². The fourth-order valence-corrected chi connectivity index (χ4v) is 7.20. The number of rotatable bonds is 9. The molecule has 42 heavy (non-hydrogen) atoms. The number of carboxylic acid groups (broad SMARTS) is 1. The lowest BCUT2D eigenvalue weighted by Gasteiger charge is -2.35. The van der Waals surface area contributed by atoms with Crippen LogP contribution in [0.25, 0.3) is 0 Å². The molecule has 1 saturated carbocycles. The van der Waals surface area contributed by atoms with E-state index in [1.165, 1.54) is 12.1 Å². The van der Waals surface area contributed by atoms with E-state index < -0.39 is 23.6 Å². The van der Waals surface area contributed by atoms with Gasteiger partial charge in [-0.15, -0.1) is 0 Å². The molecule has 0 unspecified atom stereocenters. The molecule has 228 valence electrons. The van der Waals surface area contributed by atoms with Gasteiger partial charge in [-0.05, 0) is 72.9 Å². The van der Waals surface area contributed by atoms with Crippen molar-refractivity contribution in [1.29, 1.82) is 0 Å². The lowest BCUT2D eigenvalue weighted by molar-refractivity contribution is -0.145. The van der Waals surface area contributed by atoms with Crippen LogP contribution in [-0.4, -0.2) is 71.7 Å². The van der Waals surface area contributed by atoms with Crippen molar-refractivity contribution in [2.24, 2.45) is 11.8 Å². The lowest BCUT2D eigenvalue weighted by Crippen LogP contribution is -2.49. The Hall–Kier alpha value is -3.11. The van der Waals surface area contributed by atoms with Crippen molar-refractivity contribution in [2.75, 3.05) is 32.7 Å². The van der Waals surface area contributed by atoms with Crippen LogP contribution in [0.4, 0.5) is 18.0 Å². The van der Waals surface area contributed by atoms with E-state index in [0.29, 0.717) is 18.7 Å². The van der Waals surface area contributed by atoms with Gasteiger partial charge in [-0.25, -0.2) is 18.0 Å². The van der Waals surface area contributed by atoms with Crippen LogP contribution in [0.5, 0.6) is 0 Å². The Morgan fingerprint density at radius 2 is 1.69 bits per heavy atom. The number of carboxylic acids is 1. The number of carbonyl (C=O) groups excluding carboxylic acids is 1. The minimum absolute atomic E-state index is 0.00649. The van der Waals surface area contributed by atoms with Gasteiger partial charge in [-0.2, -0.15) is 0 Å². The molecule has 10 heteroatoms. The number of amides is 2. The number of piperidine rings is 1. The number of hydrogen-bond acceptors (Lipinski definition) is 4. The van der Waals surface area contributed by atoms with Crippen LogP contribution in [0.15, 0.2) is 42.5 Å². The molecule has 3 aliphatic rings. The first-order valence-electron chi connectivity index (χ1n) is 15.2. The predicted molar refractivity (Wildman–Crippen MR) is 153 cm³/mol. The summed E-state index contributed by atoms with van der Waals surface area (Å²) in [6.45, 7) is 3.72. The first-order valence-corrected chi connectivity index (χ1v) is 15.2. The standard InChI is InChI=1S/C32H41F3N4O3/c33-25-8-4-7-23(16-25)27-20-39(30(31(40)41)22-5-2-1-3-6-22)19-24(27)18-38-13-11-26(12-14-38)37-32(42)36-17-21-9-10-28(34)29(35)15-21/h4,7-10,15-16,22,24,26-27,30H,1-3,5-6,11-14,17-20H2,(H,40,41)(H2,36,37,42)/t24-,27+,30+/m0/s1. The van der Waals surface area contributed by atoms with Crippen LogP contribution in [0.1, 0.15) is 62.0 Å². The minimum atomic E-state index is -0.945. The van der Waals surface area contributed by atoms with Crippen LogP contribution >= 0.6 is 0 Å². The second kappa shape index (κ2) is 13.9. The van der Waals surface area contributed by atoms with Gasteiger partial charge >= 0.3 is 12.0 Å². The van der Waals surface area contributed by atoms with Crippen molar-refractivity contribution in [3.63, 3.8) is 0 Å². The van der Waals surface area contributed by atoms with Crippen LogP contribution in [0, 0.1) is 29.3 Å². The largest absolute Gasteiger partial charge is 0.480 e. The summed E-state index contributed by atoms with van der Waals surface area (Å²) >= 11 is 0. The first kappa shape index (κ1) is 30.4. The second-order valence-corrected chi connectivity index (χ2v) is 12.2. The number of benzene rings is 2. The number of aliphatic carboxylic acids is 1. The van der Waals surface area contributed by atoms with Gasteiger partial charge in [0.2, 0.25) is 0 Å². The molecule has 5 rings (SSSR count). The summed E-state index contributed by atoms with van der Waals surface area (Å²) in [6.07, 6.45) is 6.72. The smallest absolute Gasteiger partial charge is 0.321 e. The fourth-order valence-electron chi connectivity index (χ4n) is 7.20. The summed E-state index contributed by atoms with van der Waals surface area (Å²) in [5.74, 6) is -2.53. The summed E-state index contributed by atoms with van der Waals surface area (Å²) in [7, 11) is 0. The third-order valence-electron chi connectivity index (χ3n) is 9.34. The second-order valence-electron chi connectivity index (χ2n) is 12.2. The van der Waals surface area contributed by atoms with E-state index in [4.69, 9.17) is 0 Å². The van der Waals surface area contributed by atoms with E-state index in [2.05, 4.69) is 20.4 Å². The average molecular weight is 587 g/mol. The Morgan fingerprint density at radius 3 is 2.38 bits per heavy atom. The maximum atomic E-state index is 14.2. The van der Waals surface area contributed by atoms with Gasteiger partial charge in [-0.1, -0.05) is 37.5 Å². The van der Waals surface area contributed by atoms with E-state index in [-0.39, 0.29) is 42.2 Å². The molecule has 0 radical (unpaired) electrons. The minimum Gasteiger partial charge on any atom is -0.480 e. The van der Waals surface area contributed by atoms with Gasteiger partial charge < -0.3 is 20.6 Å². The van der Waals surface area contributed by atoms with E-state index >= 15 is 0 Å². The third kappa shape index (κ3) is 7.64. The number of carbonyl (C=O) groups is 2. The number of nitrogens with zero attached hydrogens (tertiary/aromatic N) is 2. The fraction of sp³-hybridized carbons (Fsp3) is 0.562. The maximum absolute atomic E-state index is 14.2. The highest BCUT2D eigenvalue weighted by atomic mass is 19.2. The van der Waals surface area contributed by atoms with Crippen molar-refractivity contribution in [1.82, 2.24) is 20.4 Å². The molecular weight excluding hydrogens is 545 g/mol. The monoisotopic (exact) mass is 586 g/mol. The molecule has 0 aromatic heterocycles. The molecule has 0 spiro atoms. The third-order valence-corrected chi connectivity index (χ3v) is 9.34. The van der Waals surface area contributed by atoms with Crippen molar-refractivity contribution >= 4 is 12.0 Å². The molecule has 7 nitrogen and oxygen atoms in total. The van der Waals surface area contributed by atoms with E-state index in [9.17, 15) is 27.9 Å². The van der Waals surface area contributed by atoms with Crippen molar-refractivity contribution in [3.05, 3.63) is 71.0 Å². The molecule has 2 amide bonds. The molecule has 0 bridgehead atoms. The number of hydrogen-bond donors (Lipinski definition) is 3. The topological polar surface area (TPSA) is 84.9 Å². The van der Waals surface area contributed by atoms with Gasteiger partial charge in [0, 0.05) is 51.2 Å². The Bertz CT molecular complexity index is 1230. The highest BCUT2D eigenvalue weighted by Crippen LogP contribution is 2.38. The number of likely N-dealkylation sites (tertiary alicyclic amines) is 2. The maximum Gasteiger partial charge on any atom is 0.321 e. The Kier molecular flexibility index (Phi) is 10.1. The molecule has 3 atom stereocenters. The van der Waals surface area contributed by atoms with E-state index in [1.807, 2.05) is 6.07 Å². The Morgan fingerprint density at radius 1 is 0.929 bits per heavy atom. The van der Waals surface area contributed by atoms with Crippen molar-refractivity contribution in [2.45, 2.75) is 69.5 Å². The van der Waals surface area contributed by atoms with E-state index in [1.54, 1.807) is 12.1 Å². The van der Waals surface area contributed by atoms with Crippen LogP contribution in [-0.2, 0) is 11.3 Å². The molecule has 2 aliphatic heterocycles. The Labute approximate surface area is 245 Å². The highest BCUT2D eigenvalue weighted by molar-refractivity contribution is 5.74. The van der Waals surface area contributed by atoms with Crippen LogP contribution < -0.4 is 10.6 Å². The van der Waals surface area contributed by atoms with Gasteiger partial charge in [-0.3, -0.25) is 9.69 Å². The molecule has 2 saturated heterocycles. The number of nitrogens with one attached hydrogen (secondary N) is 2. The molecule has 2 heterocycles. The summed E-state index contributed by atoms with van der Waals surface area (Å²) in [5.41, 5.74) is 1.40. The number of halogens is 3. The zero-order valence-electron chi connectivity index (χ0n) is 23.9. The zero-order chi connectivity index (χ0) is 29.6. The summed E-state index contributed by atoms with van der Waals surface area (Å²) in [5, 5.41) is 15.9. The normalized spacial score (nSPS) is 23.5. The SMILES string of the molecule is O=C(NCc1ccc(F)c(F)c1)NC1CCN(C[C@H]2CN([C@@H](C(=O)O)C3CCCCC3)C[C@@H]2c2cccc(F)c2)CC1. The van der Waals surface area contributed by atoms with Crippen LogP contribution in [0.2, 0.25) is 0 Å². The molecule has 1 aliphatic carbocycles. The van der Waals surface area contributed by atoms with Crippen LogP contribution in [0.3, 0.4) is 0 Å².